The van der Waals surface area contributed by atoms with E-state index in [0.717, 1.165) is 0 Å². The number of carbonyl (C=O) groups excluding carboxylic acids is 3. The number of esters is 1. The average Bonchev–Trinajstić information content (AvgIpc) is 2.25. The lowest BCUT2D eigenvalue weighted by atomic mass is 9.99. The average molecular weight is 212 g/mol. The summed E-state index contributed by atoms with van der Waals surface area (Å²) in [6, 6.07) is 0. The van der Waals surface area contributed by atoms with Gasteiger partial charge in [-0.2, -0.15) is 0 Å². The molecule has 0 aliphatic carbocycles. The molecule has 0 aromatic heterocycles. The monoisotopic (exact) mass is 212 g/mol. The lowest BCUT2D eigenvalue weighted by Gasteiger charge is -2.08. The Morgan fingerprint density at radius 2 is 1.87 bits per heavy atom. The van der Waals surface area contributed by atoms with Crippen molar-refractivity contribution in [1.29, 1.82) is 0 Å². The minimum Gasteiger partial charge on any atom is -0.465 e. The molecule has 0 aliphatic rings. The molecule has 1 unspecified atom stereocenters. The van der Waals surface area contributed by atoms with Crippen molar-refractivity contribution in [1.82, 2.24) is 0 Å². The van der Waals surface area contributed by atoms with Gasteiger partial charge in [-0.1, -0.05) is 6.08 Å². The molecule has 0 amide bonds. The van der Waals surface area contributed by atoms with Gasteiger partial charge in [0.05, 0.1) is 6.61 Å². The first-order chi connectivity index (χ1) is 6.95. The molecule has 0 saturated heterocycles. The fourth-order valence-electron chi connectivity index (χ4n) is 0.896. The fourth-order valence-corrected chi connectivity index (χ4v) is 0.896. The van der Waals surface area contributed by atoms with E-state index in [2.05, 4.69) is 4.74 Å². The van der Waals surface area contributed by atoms with Gasteiger partial charge in [0, 0.05) is 0 Å². The van der Waals surface area contributed by atoms with Crippen LogP contribution in [0.1, 0.15) is 27.7 Å². The van der Waals surface area contributed by atoms with E-state index in [-0.39, 0.29) is 6.61 Å². The summed E-state index contributed by atoms with van der Waals surface area (Å²) in [4.78, 5) is 34.1. The van der Waals surface area contributed by atoms with Crippen molar-refractivity contribution < 1.29 is 19.1 Å². The molecule has 0 heterocycles. The van der Waals surface area contributed by atoms with Gasteiger partial charge in [0.2, 0.25) is 11.6 Å². The summed E-state index contributed by atoms with van der Waals surface area (Å²) < 4.78 is 4.66. The highest BCUT2D eigenvalue weighted by Gasteiger charge is 2.28. The van der Waals surface area contributed by atoms with Gasteiger partial charge in [0.1, 0.15) is 5.92 Å². The SMILES string of the molecule is C/C=C(\C)C(=O)C(=O)C(C)C(=O)OCC. The van der Waals surface area contributed by atoms with E-state index >= 15 is 0 Å². The normalized spacial score (nSPS) is 13.2. The predicted octanol–water partition coefficient (Wildman–Crippen LogP) is 1.29. The second-order valence-electron chi connectivity index (χ2n) is 3.14. The van der Waals surface area contributed by atoms with Crippen molar-refractivity contribution in [3.8, 4) is 0 Å². The largest absolute Gasteiger partial charge is 0.465 e. The van der Waals surface area contributed by atoms with Crippen LogP contribution in [-0.4, -0.2) is 24.1 Å². The van der Waals surface area contributed by atoms with Gasteiger partial charge in [0.15, 0.2) is 0 Å². The van der Waals surface area contributed by atoms with Crippen LogP contribution in [-0.2, 0) is 19.1 Å². The Morgan fingerprint density at radius 1 is 1.33 bits per heavy atom. The zero-order valence-electron chi connectivity index (χ0n) is 9.49. The van der Waals surface area contributed by atoms with E-state index in [4.69, 9.17) is 0 Å². The second-order valence-corrected chi connectivity index (χ2v) is 3.14. The van der Waals surface area contributed by atoms with Crippen molar-refractivity contribution in [3.05, 3.63) is 11.6 Å². The summed E-state index contributed by atoms with van der Waals surface area (Å²) in [6.45, 7) is 6.43. The minimum absolute atomic E-state index is 0.202. The number of allylic oxidation sites excluding steroid dienone is 2. The maximum Gasteiger partial charge on any atom is 0.316 e. The summed E-state index contributed by atoms with van der Waals surface area (Å²) >= 11 is 0. The number of ketones is 2. The van der Waals surface area contributed by atoms with Gasteiger partial charge in [-0.05, 0) is 33.3 Å². The highest BCUT2D eigenvalue weighted by atomic mass is 16.5. The summed E-state index contributed by atoms with van der Waals surface area (Å²) in [5.74, 6) is -3.02. The van der Waals surface area contributed by atoms with Crippen molar-refractivity contribution in [3.63, 3.8) is 0 Å². The number of ether oxygens (including phenoxy) is 1. The van der Waals surface area contributed by atoms with Gasteiger partial charge in [0.25, 0.3) is 0 Å². The Balaban J connectivity index is 4.59. The number of carbonyl (C=O) groups is 3. The smallest absolute Gasteiger partial charge is 0.316 e. The van der Waals surface area contributed by atoms with E-state index in [0.29, 0.717) is 5.57 Å². The Hall–Kier alpha value is -1.45. The molecule has 0 fully saturated rings. The molecule has 1 atom stereocenters. The molecular weight excluding hydrogens is 196 g/mol. The van der Waals surface area contributed by atoms with Crippen molar-refractivity contribution in [2.24, 2.45) is 5.92 Å². The summed E-state index contributed by atoms with van der Waals surface area (Å²) in [7, 11) is 0. The molecule has 0 rings (SSSR count). The minimum atomic E-state index is -1.02. The number of Topliss-reactive ketones (excluding diaryl/α,β-unsaturated/α-hetero) is 2. The first-order valence-corrected chi connectivity index (χ1v) is 4.83. The van der Waals surface area contributed by atoms with Crippen LogP contribution in [0.15, 0.2) is 11.6 Å². The highest BCUT2D eigenvalue weighted by Crippen LogP contribution is 2.06. The molecule has 0 aliphatic heterocycles. The molecule has 84 valence electrons. The molecule has 0 radical (unpaired) electrons. The van der Waals surface area contributed by atoms with Crippen LogP contribution < -0.4 is 0 Å². The van der Waals surface area contributed by atoms with Crippen LogP contribution in [0.3, 0.4) is 0 Å². The predicted molar refractivity (Wildman–Crippen MR) is 55.2 cm³/mol. The van der Waals surface area contributed by atoms with Crippen LogP contribution in [0.5, 0.6) is 0 Å². The quantitative estimate of drug-likeness (QED) is 0.298. The van der Waals surface area contributed by atoms with Crippen LogP contribution >= 0.6 is 0 Å². The molecule has 0 N–H and O–H groups in total. The third-order valence-corrected chi connectivity index (χ3v) is 2.05. The first kappa shape index (κ1) is 13.5. The number of hydrogen-bond donors (Lipinski definition) is 0. The van der Waals surface area contributed by atoms with Gasteiger partial charge >= 0.3 is 5.97 Å². The van der Waals surface area contributed by atoms with Gasteiger partial charge in [-0.3, -0.25) is 14.4 Å². The third-order valence-electron chi connectivity index (χ3n) is 2.05. The molecule has 15 heavy (non-hydrogen) atoms. The molecule has 0 aromatic rings. The van der Waals surface area contributed by atoms with Crippen LogP contribution in [0.4, 0.5) is 0 Å². The second kappa shape index (κ2) is 6.11. The molecule has 0 aromatic carbocycles. The summed E-state index contributed by atoms with van der Waals surface area (Å²) in [5.41, 5.74) is 0.344. The number of rotatable bonds is 5. The molecule has 0 bridgehead atoms. The lowest BCUT2D eigenvalue weighted by Crippen LogP contribution is -2.29. The molecule has 0 saturated carbocycles. The van der Waals surface area contributed by atoms with Crippen molar-refractivity contribution in [2.45, 2.75) is 27.7 Å². The Bertz CT molecular complexity index is 302. The third kappa shape index (κ3) is 3.65. The van der Waals surface area contributed by atoms with Gasteiger partial charge in [-0.15, -0.1) is 0 Å². The van der Waals surface area contributed by atoms with Crippen LogP contribution in [0.25, 0.3) is 0 Å². The first-order valence-electron chi connectivity index (χ1n) is 4.83. The molecule has 4 heteroatoms. The van der Waals surface area contributed by atoms with Crippen LogP contribution in [0, 0.1) is 5.92 Å². The van der Waals surface area contributed by atoms with Crippen molar-refractivity contribution >= 4 is 17.5 Å². The highest BCUT2D eigenvalue weighted by molar-refractivity contribution is 6.46. The summed E-state index contributed by atoms with van der Waals surface area (Å²) in [5, 5.41) is 0. The topological polar surface area (TPSA) is 60.4 Å². The zero-order valence-corrected chi connectivity index (χ0v) is 9.49. The maximum atomic E-state index is 11.5. The summed E-state index contributed by atoms with van der Waals surface area (Å²) in [6.07, 6.45) is 1.54. The Labute approximate surface area is 89.3 Å². The van der Waals surface area contributed by atoms with Crippen molar-refractivity contribution in [2.75, 3.05) is 6.61 Å². The van der Waals surface area contributed by atoms with Gasteiger partial charge < -0.3 is 4.74 Å². The van der Waals surface area contributed by atoms with E-state index in [1.54, 1.807) is 13.8 Å². The Kier molecular flexibility index (Phi) is 5.52. The van der Waals surface area contributed by atoms with E-state index in [9.17, 15) is 14.4 Å². The molecular formula is C11H16O4. The molecule has 0 spiro atoms. The fraction of sp³-hybridized carbons (Fsp3) is 0.545. The zero-order chi connectivity index (χ0) is 12.0. The standard InChI is InChI=1S/C11H16O4/c1-5-7(3)9(12)10(13)8(4)11(14)15-6-2/h5,8H,6H2,1-4H3/b7-5+. The van der Waals surface area contributed by atoms with E-state index in [1.807, 2.05) is 0 Å². The molecule has 4 nitrogen and oxygen atoms in total. The Morgan fingerprint density at radius 3 is 2.27 bits per heavy atom. The number of hydrogen-bond acceptors (Lipinski definition) is 4. The van der Waals surface area contributed by atoms with Gasteiger partial charge in [-0.25, -0.2) is 0 Å². The van der Waals surface area contributed by atoms with Crippen LogP contribution in [0.2, 0.25) is 0 Å². The van der Waals surface area contributed by atoms with E-state index in [1.165, 1.54) is 19.9 Å². The van der Waals surface area contributed by atoms with E-state index < -0.39 is 23.5 Å². The maximum absolute atomic E-state index is 11.5. The lowest BCUT2D eigenvalue weighted by molar-refractivity contribution is -0.153.